The van der Waals surface area contributed by atoms with Crippen LogP contribution in [-0.4, -0.2) is 45.7 Å². The number of imidazole rings is 1. The molecule has 2 heterocycles. The number of hydrogen-bond donors (Lipinski definition) is 1. The molecule has 0 aliphatic carbocycles. The van der Waals surface area contributed by atoms with Crippen molar-refractivity contribution < 1.29 is 14.6 Å². The average Bonchev–Trinajstić information content (AvgIpc) is 3.15. The van der Waals surface area contributed by atoms with Crippen molar-refractivity contribution >= 4 is 5.91 Å². The molecule has 1 aliphatic heterocycles. The summed E-state index contributed by atoms with van der Waals surface area (Å²) >= 11 is 0. The maximum absolute atomic E-state index is 11.8. The van der Waals surface area contributed by atoms with Crippen LogP contribution in [0.1, 0.15) is 24.9 Å². The van der Waals surface area contributed by atoms with E-state index < -0.39 is 0 Å². The van der Waals surface area contributed by atoms with Gasteiger partial charge in [0.05, 0.1) is 19.3 Å². The highest BCUT2D eigenvalue weighted by Crippen LogP contribution is 2.30. The maximum atomic E-state index is 11.8. The Morgan fingerprint density at radius 1 is 1.43 bits per heavy atom. The first-order valence-corrected chi connectivity index (χ1v) is 7.77. The molecule has 1 unspecified atom stereocenters. The minimum absolute atomic E-state index is 0.0888. The van der Waals surface area contributed by atoms with Gasteiger partial charge in [0.15, 0.2) is 0 Å². The molecular formula is C17H21N3O3. The molecule has 1 N–H and O–H groups in total. The summed E-state index contributed by atoms with van der Waals surface area (Å²) in [6.45, 7) is 3.06. The summed E-state index contributed by atoms with van der Waals surface area (Å²) < 4.78 is 7.56. The zero-order valence-electron chi connectivity index (χ0n) is 13.4. The van der Waals surface area contributed by atoms with Gasteiger partial charge in [0, 0.05) is 43.5 Å². The van der Waals surface area contributed by atoms with Crippen LogP contribution in [0.3, 0.4) is 0 Å². The Morgan fingerprint density at radius 3 is 2.91 bits per heavy atom. The lowest BCUT2D eigenvalue weighted by molar-refractivity contribution is -0.126. The van der Waals surface area contributed by atoms with Crippen molar-refractivity contribution in [1.82, 2.24) is 14.5 Å². The Hall–Kier alpha value is -2.34. The van der Waals surface area contributed by atoms with E-state index in [1.807, 2.05) is 42.9 Å². The van der Waals surface area contributed by atoms with Crippen molar-refractivity contribution in [2.45, 2.75) is 26.0 Å². The van der Waals surface area contributed by atoms with Gasteiger partial charge in [-0.3, -0.25) is 4.79 Å². The standard InChI is InChI=1S/C17H21N3O3/c1-3-23-15-5-4-12(8-13(15)11-21)17-18-6-7-20(17)14-9-16(22)19(2)10-14/h4-8,14,21H,3,9-11H2,1-2H3. The largest absolute Gasteiger partial charge is 0.494 e. The van der Waals surface area contributed by atoms with Gasteiger partial charge in [-0.25, -0.2) is 4.98 Å². The molecule has 0 radical (unpaired) electrons. The molecule has 1 amide bonds. The van der Waals surface area contributed by atoms with Gasteiger partial charge in [0.25, 0.3) is 0 Å². The van der Waals surface area contributed by atoms with Crippen molar-refractivity contribution in [2.75, 3.05) is 20.2 Å². The Labute approximate surface area is 135 Å². The molecule has 0 spiro atoms. The predicted molar refractivity (Wildman–Crippen MR) is 86.0 cm³/mol. The molecule has 122 valence electrons. The van der Waals surface area contributed by atoms with E-state index in [0.29, 0.717) is 25.3 Å². The van der Waals surface area contributed by atoms with Crippen LogP contribution in [-0.2, 0) is 11.4 Å². The number of aromatic nitrogens is 2. The fourth-order valence-electron chi connectivity index (χ4n) is 3.00. The number of aliphatic hydroxyl groups is 1. The van der Waals surface area contributed by atoms with E-state index >= 15 is 0 Å². The fourth-order valence-corrected chi connectivity index (χ4v) is 3.00. The monoisotopic (exact) mass is 315 g/mol. The van der Waals surface area contributed by atoms with E-state index in [1.54, 1.807) is 11.1 Å². The fraction of sp³-hybridized carbons (Fsp3) is 0.412. The number of benzene rings is 1. The number of likely N-dealkylation sites (tertiary alicyclic amines) is 1. The maximum Gasteiger partial charge on any atom is 0.224 e. The summed E-state index contributed by atoms with van der Waals surface area (Å²) in [6, 6.07) is 5.78. The van der Waals surface area contributed by atoms with Crippen LogP contribution in [0.15, 0.2) is 30.6 Å². The zero-order valence-corrected chi connectivity index (χ0v) is 13.4. The summed E-state index contributed by atoms with van der Waals surface area (Å²) in [5.74, 6) is 1.64. The van der Waals surface area contributed by atoms with Gasteiger partial charge < -0.3 is 19.3 Å². The van der Waals surface area contributed by atoms with Gasteiger partial charge >= 0.3 is 0 Å². The van der Waals surface area contributed by atoms with Crippen molar-refractivity contribution in [3.63, 3.8) is 0 Å². The van der Waals surface area contributed by atoms with E-state index in [-0.39, 0.29) is 18.6 Å². The molecule has 0 bridgehead atoms. The number of carbonyl (C=O) groups is 1. The highest BCUT2D eigenvalue weighted by atomic mass is 16.5. The van der Waals surface area contributed by atoms with Crippen molar-refractivity contribution in [2.24, 2.45) is 0 Å². The van der Waals surface area contributed by atoms with Gasteiger partial charge in [0.2, 0.25) is 5.91 Å². The summed E-state index contributed by atoms with van der Waals surface area (Å²) in [5, 5.41) is 9.56. The number of amides is 1. The second-order valence-electron chi connectivity index (χ2n) is 5.70. The third-order valence-electron chi connectivity index (χ3n) is 4.17. The molecule has 1 aliphatic rings. The Morgan fingerprint density at radius 2 is 2.26 bits per heavy atom. The molecule has 1 saturated heterocycles. The molecule has 6 nitrogen and oxygen atoms in total. The number of ether oxygens (including phenoxy) is 1. The third kappa shape index (κ3) is 2.94. The number of rotatable bonds is 5. The summed E-state index contributed by atoms with van der Waals surface area (Å²) in [7, 11) is 1.82. The van der Waals surface area contributed by atoms with E-state index in [2.05, 4.69) is 4.98 Å². The van der Waals surface area contributed by atoms with Gasteiger partial charge in [0.1, 0.15) is 11.6 Å². The Kier molecular flexibility index (Phi) is 4.34. The van der Waals surface area contributed by atoms with Crippen LogP contribution in [0.2, 0.25) is 0 Å². The molecule has 1 aromatic heterocycles. The number of likely N-dealkylation sites (N-methyl/N-ethyl adjacent to an activating group) is 1. The normalized spacial score (nSPS) is 17.8. The van der Waals surface area contributed by atoms with Crippen molar-refractivity contribution in [3.05, 3.63) is 36.2 Å². The van der Waals surface area contributed by atoms with Crippen LogP contribution in [0.4, 0.5) is 0 Å². The van der Waals surface area contributed by atoms with Crippen LogP contribution >= 0.6 is 0 Å². The minimum Gasteiger partial charge on any atom is -0.494 e. The molecule has 1 atom stereocenters. The number of carbonyl (C=O) groups excluding carboxylic acids is 1. The second-order valence-corrected chi connectivity index (χ2v) is 5.70. The molecule has 1 aromatic carbocycles. The van der Waals surface area contributed by atoms with Crippen molar-refractivity contribution in [3.8, 4) is 17.1 Å². The first-order valence-electron chi connectivity index (χ1n) is 7.77. The van der Waals surface area contributed by atoms with E-state index in [0.717, 1.165) is 17.0 Å². The molecule has 0 saturated carbocycles. The Balaban J connectivity index is 1.94. The summed E-state index contributed by atoms with van der Waals surface area (Å²) in [5.41, 5.74) is 1.64. The van der Waals surface area contributed by atoms with E-state index in [4.69, 9.17) is 4.74 Å². The average molecular weight is 315 g/mol. The highest BCUT2D eigenvalue weighted by Gasteiger charge is 2.29. The molecular weight excluding hydrogens is 294 g/mol. The minimum atomic E-state index is -0.0888. The van der Waals surface area contributed by atoms with E-state index in [9.17, 15) is 9.90 Å². The lowest BCUT2D eigenvalue weighted by Crippen LogP contribution is -2.19. The number of nitrogens with zero attached hydrogens (tertiary/aromatic N) is 3. The Bertz CT molecular complexity index is 711. The zero-order chi connectivity index (χ0) is 16.4. The lowest BCUT2D eigenvalue weighted by Gasteiger charge is -2.16. The first kappa shape index (κ1) is 15.6. The SMILES string of the molecule is CCOc1ccc(-c2nccn2C2CC(=O)N(C)C2)cc1CO. The number of hydrogen-bond acceptors (Lipinski definition) is 4. The van der Waals surface area contributed by atoms with Gasteiger partial charge in [-0.05, 0) is 25.1 Å². The molecule has 3 rings (SSSR count). The van der Waals surface area contributed by atoms with Gasteiger partial charge in [-0.2, -0.15) is 0 Å². The first-order chi connectivity index (χ1) is 11.1. The molecule has 2 aromatic rings. The lowest BCUT2D eigenvalue weighted by atomic mass is 10.1. The summed E-state index contributed by atoms with van der Waals surface area (Å²) in [4.78, 5) is 18.0. The van der Waals surface area contributed by atoms with Crippen LogP contribution in [0.5, 0.6) is 5.75 Å². The van der Waals surface area contributed by atoms with Crippen LogP contribution in [0.25, 0.3) is 11.4 Å². The number of aliphatic hydroxyl groups excluding tert-OH is 1. The predicted octanol–water partition coefficient (Wildman–Crippen LogP) is 1.84. The molecule has 1 fully saturated rings. The van der Waals surface area contributed by atoms with Crippen LogP contribution < -0.4 is 4.74 Å². The van der Waals surface area contributed by atoms with Crippen molar-refractivity contribution in [1.29, 1.82) is 0 Å². The van der Waals surface area contributed by atoms with Gasteiger partial charge in [-0.15, -0.1) is 0 Å². The molecule has 23 heavy (non-hydrogen) atoms. The molecule has 6 heteroatoms. The highest BCUT2D eigenvalue weighted by molar-refractivity contribution is 5.78. The third-order valence-corrected chi connectivity index (χ3v) is 4.17. The van der Waals surface area contributed by atoms with Crippen LogP contribution in [0, 0.1) is 0 Å². The smallest absolute Gasteiger partial charge is 0.224 e. The second kappa shape index (κ2) is 6.42. The topological polar surface area (TPSA) is 67.6 Å². The van der Waals surface area contributed by atoms with Gasteiger partial charge in [-0.1, -0.05) is 0 Å². The summed E-state index contributed by atoms with van der Waals surface area (Å²) in [6.07, 6.45) is 4.14. The quantitative estimate of drug-likeness (QED) is 0.914. The van der Waals surface area contributed by atoms with E-state index in [1.165, 1.54) is 0 Å².